The summed E-state index contributed by atoms with van der Waals surface area (Å²) in [5, 5.41) is 29.0. The number of halogens is 1. The van der Waals surface area contributed by atoms with E-state index in [1.807, 2.05) is 31.2 Å². The standard InChI is InChI=1S/C17H14ClN5O/c1-11-9-16(22(2)20-11)17(24)12(10-19)14-7-8-23(21-14)15-6-4-3-5-13(15)18/h3-9,24H,1-2H3. The zero-order valence-electron chi connectivity index (χ0n) is 13.1. The van der Waals surface area contributed by atoms with Crippen LogP contribution in [0.2, 0.25) is 5.02 Å². The van der Waals surface area contributed by atoms with E-state index in [1.54, 1.807) is 36.1 Å². The molecule has 1 N–H and O–H groups in total. The molecule has 0 aliphatic carbocycles. The molecule has 24 heavy (non-hydrogen) atoms. The molecule has 0 aliphatic rings. The lowest BCUT2D eigenvalue weighted by Crippen LogP contribution is -2.01. The molecule has 120 valence electrons. The van der Waals surface area contributed by atoms with Crippen LogP contribution in [0.5, 0.6) is 0 Å². The highest BCUT2D eigenvalue weighted by Crippen LogP contribution is 2.25. The lowest BCUT2D eigenvalue weighted by Gasteiger charge is -2.04. The molecule has 0 aliphatic heterocycles. The third-order valence-electron chi connectivity index (χ3n) is 3.54. The molecule has 3 aromatic rings. The Morgan fingerprint density at radius 3 is 2.62 bits per heavy atom. The van der Waals surface area contributed by atoms with Gasteiger partial charge in [-0.3, -0.25) is 4.68 Å². The molecular weight excluding hydrogens is 326 g/mol. The van der Waals surface area contributed by atoms with E-state index in [4.69, 9.17) is 11.6 Å². The first kappa shape index (κ1) is 15.8. The molecule has 0 fully saturated rings. The van der Waals surface area contributed by atoms with Crippen LogP contribution in [0.1, 0.15) is 17.1 Å². The van der Waals surface area contributed by atoms with Gasteiger partial charge in [0, 0.05) is 13.2 Å². The summed E-state index contributed by atoms with van der Waals surface area (Å²) in [7, 11) is 1.70. The predicted molar refractivity (Wildman–Crippen MR) is 91.6 cm³/mol. The number of hydrogen-bond acceptors (Lipinski definition) is 4. The summed E-state index contributed by atoms with van der Waals surface area (Å²) in [5.74, 6) is -0.162. The number of aliphatic hydroxyl groups is 1. The molecule has 1 aromatic carbocycles. The molecule has 0 atom stereocenters. The Hall–Kier alpha value is -3.04. The number of allylic oxidation sites excluding steroid dienone is 1. The Morgan fingerprint density at radius 1 is 1.25 bits per heavy atom. The summed E-state index contributed by atoms with van der Waals surface area (Å²) in [6.07, 6.45) is 1.69. The van der Waals surface area contributed by atoms with Crippen LogP contribution in [0, 0.1) is 18.3 Å². The molecule has 0 saturated carbocycles. The first-order valence-corrected chi connectivity index (χ1v) is 7.54. The number of aromatic nitrogens is 4. The maximum Gasteiger partial charge on any atom is 0.161 e. The summed E-state index contributed by atoms with van der Waals surface area (Å²) >= 11 is 6.16. The van der Waals surface area contributed by atoms with Crippen LogP contribution in [-0.2, 0) is 7.05 Å². The normalized spacial score (nSPS) is 11.9. The van der Waals surface area contributed by atoms with Crippen LogP contribution in [0.15, 0.2) is 42.6 Å². The van der Waals surface area contributed by atoms with Crippen molar-refractivity contribution in [3.63, 3.8) is 0 Å². The molecule has 7 heteroatoms. The van der Waals surface area contributed by atoms with Gasteiger partial charge in [-0.25, -0.2) is 4.68 Å². The summed E-state index contributed by atoms with van der Waals surface area (Å²) in [6.45, 7) is 1.81. The van der Waals surface area contributed by atoms with Crippen LogP contribution in [-0.4, -0.2) is 24.7 Å². The first-order chi connectivity index (χ1) is 11.5. The van der Waals surface area contributed by atoms with Gasteiger partial charge >= 0.3 is 0 Å². The van der Waals surface area contributed by atoms with Crippen molar-refractivity contribution in [2.75, 3.05) is 0 Å². The highest BCUT2D eigenvalue weighted by Gasteiger charge is 2.17. The quantitative estimate of drug-likeness (QED) is 0.585. The summed E-state index contributed by atoms with van der Waals surface area (Å²) < 4.78 is 3.09. The van der Waals surface area contributed by atoms with Crippen molar-refractivity contribution in [3.8, 4) is 11.8 Å². The number of para-hydroxylation sites is 1. The van der Waals surface area contributed by atoms with Gasteiger partial charge in [-0.2, -0.15) is 15.5 Å². The fourth-order valence-electron chi connectivity index (χ4n) is 2.42. The second kappa shape index (κ2) is 6.22. The van der Waals surface area contributed by atoms with Crippen LogP contribution in [0.4, 0.5) is 0 Å². The van der Waals surface area contributed by atoms with E-state index < -0.39 is 0 Å². The number of aliphatic hydroxyl groups excluding tert-OH is 1. The molecule has 0 unspecified atom stereocenters. The smallest absolute Gasteiger partial charge is 0.161 e. The summed E-state index contributed by atoms with van der Waals surface area (Å²) in [4.78, 5) is 0. The minimum absolute atomic E-state index is 0.0730. The van der Waals surface area contributed by atoms with Crippen LogP contribution in [0.25, 0.3) is 17.0 Å². The molecule has 0 spiro atoms. The van der Waals surface area contributed by atoms with Gasteiger partial charge in [0.05, 0.1) is 16.4 Å². The monoisotopic (exact) mass is 339 g/mol. The third kappa shape index (κ3) is 2.77. The van der Waals surface area contributed by atoms with Crippen molar-refractivity contribution in [2.24, 2.45) is 7.05 Å². The second-order valence-electron chi connectivity index (χ2n) is 5.23. The molecule has 6 nitrogen and oxygen atoms in total. The molecule has 0 radical (unpaired) electrons. The van der Waals surface area contributed by atoms with Crippen molar-refractivity contribution in [1.29, 1.82) is 5.26 Å². The maximum atomic E-state index is 10.5. The Bertz CT molecular complexity index is 977. The SMILES string of the molecule is Cc1cc(C(O)=C(C#N)c2ccn(-c3ccccc3Cl)n2)n(C)n1. The van der Waals surface area contributed by atoms with Gasteiger partial charge < -0.3 is 5.11 Å². The molecule has 0 saturated heterocycles. The lowest BCUT2D eigenvalue weighted by atomic mass is 10.1. The topological polar surface area (TPSA) is 79.7 Å². The maximum absolute atomic E-state index is 10.5. The molecule has 0 bridgehead atoms. The van der Waals surface area contributed by atoms with Gasteiger partial charge in [-0.15, -0.1) is 0 Å². The van der Waals surface area contributed by atoms with E-state index in [2.05, 4.69) is 10.2 Å². The number of hydrogen-bond donors (Lipinski definition) is 1. The Labute approximate surface area is 143 Å². The Balaban J connectivity index is 2.08. The summed E-state index contributed by atoms with van der Waals surface area (Å²) in [6, 6.07) is 12.6. The van der Waals surface area contributed by atoms with Crippen LogP contribution >= 0.6 is 11.6 Å². The van der Waals surface area contributed by atoms with Gasteiger partial charge in [-0.05, 0) is 31.2 Å². The van der Waals surface area contributed by atoms with E-state index in [1.165, 1.54) is 4.68 Å². The van der Waals surface area contributed by atoms with Gasteiger partial charge in [0.25, 0.3) is 0 Å². The van der Waals surface area contributed by atoms with Crippen molar-refractivity contribution >= 4 is 22.9 Å². The number of nitriles is 1. The third-order valence-corrected chi connectivity index (χ3v) is 3.86. The number of benzene rings is 1. The average Bonchev–Trinajstić information content (AvgIpc) is 3.15. The van der Waals surface area contributed by atoms with E-state index in [0.717, 1.165) is 5.69 Å². The van der Waals surface area contributed by atoms with Crippen LogP contribution < -0.4 is 0 Å². The van der Waals surface area contributed by atoms with E-state index in [9.17, 15) is 10.4 Å². The fraction of sp³-hybridized carbons (Fsp3) is 0.118. The average molecular weight is 340 g/mol. The predicted octanol–water partition coefficient (Wildman–Crippen LogP) is 3.52. The largest absolute Gasteiger partial charge is 0.504 e. The lowest BCUT2D eigenvalue weighted by molar-refractivity contribution is 0.503. The minimum atomic E-state index is -0.162. The Kier molecular flexibility index (Phi) is 4.11. The van der Waals surface area contributed by atoms with Gasteiger partial charge in [0.1, 0.15) is 23.0 Å². The highest BCUT2D eigenvalue weighted by molar-refractivity contribution is 6.32. The molecular formula is C17H14ClN5O. The molecule has 2 aromatic heterocycles. The fourth-order valence-corrected chi connectivity index (χ4v) is 2.64. The second-order valence-corrected chi connectivity index (χ2v) is 5.63. The van der Waals surface area contributed by atoms with Crippen molar-refractivity contribution in [2.45, 2.75) is 6.92 Å². The van der Waals surface area contributed by atoms with E-state index in [0.29, 0.717) is 22.1 Å². The van der Waals surface area contributed by atoms with E-state index >= 15 is 0 Å². The van der Waals surface area contributed by atoms with Crippen molar-refractivity contribution in [1.82, 2.24) is 19.6 Å². The van der Waals surface area contributed by atoms with Gasteiger partial charge in [0.15, 0.2) is 5.76 Å². The van der Waals surface area contributed by atoms with Gasteiger partial charge in [-0.1, -0.05) is 23.7 Å². The number of aryl methyl sites for hydroxylation is 2. The summed E-state index contributed by atoms with van der Waals surface area (Å²) in [5.41, 5.74) is 2.32. The zero-order valence-corrected chi connectivity index (χ0v) is 13.9. The minimum Gasteiger partial charge on any atom is -0.504 e. The highest BCUT2D eigenvalue weighted by atomic mass is 35.5. The first-order valence-electron chi connectivity index (χ1n) is 7.16. The molecule has 0 amide bonds. The number of rotatable bonds is 3. The van der Waals surface area contributed by atoms with Crippen LogP contribution in [0.3, 0.4) is 0 Å². The van der Waals surface area contributed by atoms with Crippen molar-refractivity contribution < 1.29 is 5.11 Å². The van der Waals surface area contributed by atoms with E-state index in [-0.39, 0.29) is 11.3 Å². The Morgan fingerprint density at radius 2 is 2.00 bits per heavy atom. The van der Waals surface area contributed by atoms with Gasteiger partial charge in [0.2, 0.25) is 0 Å². The zero-order chi connectivity index (χ0) is 17.3. The van der Waals surface area contributed by atoms with Crippen molar-refractivity contribution in [3.05, 3.63) is 64.7 Å². The number of nitrogens with zero attached hydrogens (tertiary/aromatic N) is 5. The molecule has 3 rings (SSSR count). The molecule has 2 heterocycles.